The van der Waals surface area contributed by atoms with E-state index in [-0.39, 0.29) is 44.2 Å². The summed E-state index contributed by atoms with van der Waals surface area (Å²) in [7, 11) is 0. The summed E-state index contributed by atoms with van der Waals surface area (Å²) >= 11 is 0. The van der Waals surface area contributed by atoms with E-state index in [1.165, 1.54) is 0 Å². The van der Waals surface area contributed by atoms with Crippen molar-refractivity contribution < 1.29 is 38.2 Å². The second-order valence-electron chi connectivity index (χ2n) is 11.4. The molecular formula is C31H34N2O8. The molecule has 10 nitrogen and oxygen atoms in total. The number of rotatable bonds is 12. The lowest BCUT2D eigenvalue weighted by Gasteiger charge is -2.31. The van der Waals surface area contributed by atoms with Crippen LogP contribution in [0.4, 0.5) is 0 Å². The van der Waals surface area contributed by atoms with Crippen molar-refractivity contribution in [3.05, 3.63) is 70.8 Å². The zero-order valence-electron chi connectivity index (χ0n) is 23.7. The molecule has 41 heavy (non-hydrogen) atoms. The number of imide groups is 2. The third-order valence-electron chi connectivity index (χ3n) is 7.17. The molecule has 0 spiro atoms. The molecule has 2 aromatic carbocycles. The molecule has 0 saturated heterocycles. The summed E-state index contributed by atoms with van der Waals surface area (Å²) < 4.78 is 11.3. The molecule has 0 atom stereocenters. The van der Waals surface area contributed by atoms with Gasteiger partial charge in [0.25, 0.3) is 23.6 Å². The Hall–Kier alpha value is -4.34. The highest BCUT2D eigenvalue weighted by atomic mass is 16.6. The molecule has 0 aromatic heterocycles. The molecule has 0 bridgehead atoms. The molecule has 2 heterocycles. The van der Waals surface area contributed by atoms with E-state index in [1.54, 1.807) is 76.2 Å². The van der Waals surface area contributed by atoms with Gasteiger partial charge in [-0.15, -0.1) is 0 Å². The van der Waals surface area contributed by atoms with Gasteiger partial charge >= 0.3 is 11.9 Å². The fraction of sp³-hybridized carbons (Fsp3) is 0.419. The van der Waals surface area contributed by atoms with E-state index in [1.807, 2.05) is 0 Å². The minimum atomic E-state index is -0.881. The maximum Gasteiger partial charge on any atom is 0.308 e. The van der Waals surface area contributed by atoms with Gasteiger partial charge in [0.2, 0.25) is 0 Å². The second-order valence-corrected chi connectivity index (χ2v) is 11.4. The first-order chi connectivity index (χ1) is 19.3. The van der Waals surface area contributed by atoms with Crippen LogP contribution in [0.2, 0.25) is 0 Å². The Bertz CT molecular complexity index is 1340. The molecule has 0 radical (unpaired) electrons. The number of nitrogens with zero attached hydrogens (tertiary/aromatic N) is 2. The van der Waals surface area contributed by atoms with Crippen molar-refractivity contribution in [3.63, 3.8) is 0 Å². The highest BCUT2D eigenvalue weighted by Crippen LogP contribution is 2.27. The van der Waals surface area contributed by atoms with Crippen molar-refractivity contribution in [2.24, 2.45) is 0 Å². The van der Waals surface area contributed by atoms with Gasteiger partial charge in [-0.2, -0.15) is 0 Å². The van der Waals surface area contributed by atoms with Gasteiger partial charge in [-0.3, -0.25) is 38.6 Å². The Kier molecular flexibility index (Phi) is 8.42. The topological polar surface area (TPSA) is 127 Å². The minimum Gasteiger partial charge on any atom is -0.460 e. The van der Waals surface area contributed by atoms with E-state index in [2.05, 4.69) is 0 Å². The van der Waals surface area contributed by atoms with Gasteiger partial charge in [0, 0.05) is 19.5 Å². The Morgan fingerprint density at radius 3 is 1.32 bits per heavy atom. The van der Waals surface area contributed by atoms with E-state index >= 15 is 0 Å². The first kappa shape index (κ1) is 29.6. The molecule has 0 fully saturated rings. The minimum absolute atomic E-state index is 0.0347. The molecule has 0 unspecified atom stereocenters. The summed E-state index contributed by atoms with van der Waals surface area (Å²) in [6.45, 7) is 7.04. The van der Waals surface area contributed by atoms with E-state index in [9.17, 15) is 28.8 Å². The van der Waals surface area contributed by atoms with Crippen LogP contribution < -0.4 is 0 Å². The normalized spacial score (nSPS) is 14.8. The van der Waals surface area contributed by atoms with Gasteiger partial charge in [0.15, 0.2) is 0 Å². The molecule has 10 heteroatoms. The summed E-state index contributed by atoms with van der Waals surface area (Å²) in [5.41, 5.74) is -0.343. The van der Waals surface area contributed by atoms with Crippen LogP contribution >= 0.6 is 0 Å². The van der Waals surface area contributed by atoms with E-state index < -0.39 is 35.0 Å². The number of hydrogen-bond donors (Lipinski definition) is 0. The molecule has 0 saturated carbocycles. The summed E-state index contributed by atoms with van der Waals surface area (Å²) in [6.07, 6.45) is 0.959. The Labute approximate surface area is 238 Å². The summed E-state index contributed by atoms with van der Waals surface area (Å²) in [5.74, 6) is -2.58. The Morgan fingerprint density at radius 2 is 0.927 bits per heavy atom. The lowest BCUT2D eigenvalue weighted by molar-refractivity contribution is -0.164. The number of fused-ring (bicyclic) bond motifs is 2. The van der Waals surface area contributed by atoms with Crippen LogP contribution in [0.15, 0.2) is 48.5 Å². The van der Waals surface area contributed by atoms with E-state index in [0.29, 0.717) is 35.1 Å². The molecule has 0 N–H and O–H groups in total. The second kappa shape index (κ2) is 11.6. The van der Waals surface area contributed by atoms with Crippen molar-refractivity contribution in [2.45, 2.75) is 71.0 Å². The molecule has 4 rings (SSSR count). The van der Waals surface area contributed by atoms with E-state index in [0.717, 1.165) is 9.80 Å². The van der Waals surface area contributed by atoms with Crippen LogP contribution in [0.5, 0.6) is 0 Å². The smallest absolute Gasteiger partial charge is 0.308 e. The highest BCUT2D eigenvalue weighted by molar-refractivity contribution is 6.22. The number of carbonyl (C=O) groups excluding carboxylic acids is 6. The average Bonchev–Trinajstić information content (AvgIpc) is 3.31. The molecule has 2 aliphatic rings. The van der Waals surface area contributed by atoms with Crippen LogP contribution in [0.1, 0.15) is 101 Å². The SMILES string of the molecule is CC(C)(CCC(C)(C)OC(=O)CCN1C(=O)c2ccccc2C1=O)OC(=O)CCCN1C(=O)c2ccccc2C1=O. The van der Waals surface area contributed by atoms with Gasteiger partial charge in [0.05, 0.1) is 28.7 Å². The lowest BCUT2D eigenvalue weighted by Crippen LogP contribution is -2.36. The van der Waals surface area contributed by atoms with Crippen LogP contribution in [0.3, 0.4) is 0 Å². The zero-order chi connectivity index (χ0) is 29.9. The predicted octanol–water partition coefficient (Wildman–Crippen LogP) is 4.17. The lowest BCUT2D eigenvalue weighted by atomic mass is 9.93. The zero-order valence-corrected chi connectivity index (χ0v) is 23.7. The average molecular weight is 563 g/mol. The number of amides is 4. The Balaban J connectivity index is 1.17. The van der Waals surface area contributed by atoms with E-state index in [4.69, 9.17) is 9.47 Å². The number of hydrogen-bond acceptors (Lipinski definition) is 8. The molecule has 2 aromatic rings. The van der Waals surface area contributed by atoms with Crippen LogP contribution in [-0.2, 0) is 19.1 Å². The standard InChI is InChI=1S/C31H34N2O8/c1-30(2,40-24(34)14-9-18-32-26(36)20-10-5-6-11-21(20)27(32)37)16-17-31(3,4)41-25(35)15-19-33-28(38)22-12-7-8-13-23(22)29(33)39/h5-8,10-13H,9,14-19H2,1-4H3. The maximum absolute atomic E-state index is 12.5. The van der Waals surface area contributed by atoms with Crippen molar-refractivity contribution in [3.8, 4) is 0 Å². The fourth-order valence-electron chi connectivity index (χ4n) is 4.89. The molecule has 2 aliphatic heterocycles. The Morgan fingerprint density at radius 1 is 0.585 bits per heavy atom. The summed E-state index contributed by atoms with van der Waals surface area (Å²) in [5, 5.41) is 0. The van der Waals surface area contributed by atoms with Crippen LogP contribution in [-0.4, -0.2) is 69.7 Å². The number of carbonyl (C=O) groups is 6. The number of ether oxygens (including phenoxy) is 2. The molecular weight excluding hydrogens is 528 g/mol. The fourth-order valence-corrected chi connectivity index (χ4v) is 4.89. The third kappa shape index (κ3) is 6.70. The third-order valence-corrected chi connectivity index (χ3v) is 7.17. The van der Waals surface area contributed by atoms with Crippen molar-refractivity contribution in [1.29, 1.82) is 0 Å². The quantitative estimate of drug-likeness (QED) is 0.279. The summed E-state index contributed by atoms with van der Waals surface area (Å²) in [4.78, 5) is 77.2. The van der Waals surface area contributed by atoms with Crippen LogP contribution in [0, 0.1) is 0 Å². The van der Waals surface area contributed by atoms with Gasteiger partial charge < -0.3 is 9.47 Å². The molecule has 4 amide bonds. The van der Waals surface area contributed by atoms with Crippen molar-refractivity contribution in [2.75, 3.05) is 13.1 Å². The molecule has 216 valence electrons. The van der Waals surface area contributed by atoms with Crippen molar-refractivity contribution >= 4 is 35.6 Å². The predicted molar refractivity (Wildman–Crippen MR) is 147 cm³/mol. The van der Waals surface area contributed by atoms with Crippen molar-refractivity contribution in [1.82, 2.24) is 9.80 Å². The van der Waals surface area contributed by atoms with Gasteiger partial charge in [-0.05, 0) is 71.2 Å². The highest BCUT2D eigenvalue weighted by Gasteiger charge is 2.37. The van der Waals surface area contributed by atoms with Gasteiger partial charge in [-0.25, -0.2) is 0 Å². The number of benzene rings is 2. The van der Waals surface area contributed by atoms with Gasteiger partial charge in [-0.1, -0.05) is 24.3 Å². The van der Waals surface area contributed by atoms with Crippen LogP contribution in [0.25, 0.3) is 0 Å². The largest absolute Gasteiger partial charge is 0.460 e. The maximum atomic E-state index is 12.5. The molecule has 0 aliphatic carbocycles. The summed E-state index contributed by atoms with van der Waals surface area (Å²) in [6, 6.07) is 13.2. The monoisotopic (exact) mass is 562 g/mol. The first-order valence-corrected chi connectivity index (χ1v) is 13.6. The van der Waals surface area contributed by atoms with Gasteiger partial charge in [0.1, 0.15) is 11.2 Å². The number of esters is 2. The first-order valence-electron chi connectivity index (χ1n) is 13.6.